The molecular weight excluding hydrogens is 220 g/mol. The van der Waals surface area contributed by atoms with Crippen LogP contribution in [0.3, 0.4) is 0 Å². The van der Waals surface area contributed by atoms with E-state index < -0.39 is 6.09 Å². The molecule has 5 heteroatoms. The van der Waals surface area contributed by atoms with E-state index in [4.69, 9.17) is 0 Å². The van der Waals surface area contributed by atoms with E-state index in [0.717, 1.165) is 6.42 Å². The minimum atomic E-state index is -0.504. The van der Waals surface area contributed by atoms with Gasteiger partial charge in [0, 0.05) is 26.1 Å². The van der Waals surface area contributed by atoms with Crippen LogP contribution >= 0.6 is 0 Å². The molecule has 0 aliphatic heterocycles. The molecule has 0 unspecified atom stereocenters. The van der Waals surface area contributed by atoms with E-state index in [-0.39, 0.29) is 11.9 Å². The lowest BCUT2D eigenvalue weighted by Gasteiger charge is -2.26. The fraction of sp³-hybridized carbons (Fsp3) is 0.833. The predicted octanol–water partition coefficient (Wildman–Crippen LogP) is 1.63. The van der Waals surface area contributed by atoms with Gasteiger partial charge in [0.05, 0.1) is 7.11 Å². The third-order valence-electron chi connectivity index (χ3n) is 2.66. The Hall–Kier alpha value is -1.26. The lowest BCUT2D eigenvalue weighted by atomic mass is 10.0. The van der Waals surface area contributed by atoms with Gasteiger partial charge in [-0.25, -0.2) is 4.79 Å². The highest BCUT2D eigenvalue weighted by Crippen LogP contribution is 2.10. The Bertz CT molecular complexity index is 254. The van der Waals surface area contributed by atoms with Crippen molar-refractivity contribution >= 4 is 12.0 Å². The number of carbonyl (C=O) groups is 2. The van der Waals surface area contributed by atoms with Crippen LogP contribution in [0, 0.1) is 5.92 Å². The zero-order valence-corrected chi connectivity index (χ0v) is 11.4. The van der Waals surface area contributed by atoms with E-state index in [2.05, 4.69) is 23.9 Å². The predicted molar refractivity (Wildman–Crippen MR) is 66.7 cm³/mol. The maximum absolute atomic E-state index is 11.8. The Morgan fingerprint density at radius 3 is 2.35 bits per heavy atom. The molecule has 1 N–H and O–H groups in total. The van der Waals surface area contributed by atoms with Crippen LogP contribution in [0.4, 0.5) is 4.79 Å². The Labute approximate surface area is 103 Å². The van der Waals surface area contributed by atoms with Crippen molar-refractivity contribution < 1.29 is 14.3 Å². The first-order valence-corrected chi connectivity index (χ1v) is 5.96. The molecule has 0 aromatic carbocycles. The van der Waals surface area contributed by atoms with Crippen LogP contribution in [-0.4, -0.2) is 43.6 Å². The Morgan fingerprint density at radius 2 is 1.88 bits per heavy atom. The van der Waals surface area contributed by atoms with Gasteiger partial charge in [0.15, 0.2) is 0 Å². The van der Waals surface area contributed by atoms with Gasteiger partial charge in [-0.3, -0.25) is 4.79 Å². The molecule has 100 valence electrons. The summed E-state index contributed by atoms with van der Waals surface area (Å²) in [6.45, 7) is 6.61. The van der Waals surface area contributed by atoms with Crippen molar-refractivity contribution in [2.45, 2.75) is 39.7 Å². The summed E-state index contributed by atoms with van der Waals surface area (Å²) in [5.41, 5.74) is 0. The second-order valence-electron chi connectivity index (χ2n) is 4.65. The maximum Gasteiger partial charge on any atom is 0.406 e. The Balaban J connectivity index is 3.92. The van der Waals surface area contributed by atoms with Crippen molar-refractivity contribution in [1.82, 2.24) is 10.2 Å². The van der Waals surface area contributed by atoms with Crippen molar-refractivity contribution in [1.29, 1.82) is 0 Å². The summed E-state index contributed by atoms with van der Waals surface area (Å²) in [7, 11) is 3.10. The fourth-order valence-electron chi connectivity index (χ4n) is 1.61. The summed E-state index contributed by atoms with van der Waals surface area (Å²) in [6, 6.07) is 0.223. The minimum absolute atomic E-state index is 0.0366. The zero-order chi connectivity index (χ0) is 13.4. The average molecular weight is 244 g/mol. The molecule has 0 rings (SSSR count). The van der Waals surface area contributed by atoms with Crippen LogP contribution in [0.1, 0.15) is 33.6 Å². The van der Waals surface area contributed by atoms with Gasteiger partial charge in [-0.15, -0.1) is 0 Å². The van der Waals surface area contributed by atoms with E-state index in [1.807, 2.05) is 6.92 Å². The second kappa shape index (κ2) is 7.92. The number of carbonyl (C=O) groups excluding carboxylic acids is 2. The molecule has 0 saturated heterocycles. The van der Waals surface area contributed by atoms with E-state index in [1.165, 1.54) is 7.11 Å². The highest BCUT2D eigenvalue weighted by molar-refractivity contribution is 5.77. The molecule has 0 aliphatic rings. The molecule has 0 saturated carbocycles. The lowest BCUT2D eigenvalue weighted by Crippen LogP contribution is -2.38. The quantitative estimate of drug-likeness (QED) is 0.772. The van der Waals surface area contributed by atoms with Gasteiger partial charge < -0.3 is 15.0 Å². The van der Waals surface area contributed by atoms with E-state index in [9.17, 15) is 9.59 Å². The lowest BCUT2D eigenvalue weighted by molar-refractivity contribution is -0.131. The zero-order valence-electron chi connectivity index (χ0n) is 11.4. The highest BCUT2D eigenvalue weighted by Gasteiger charge is 2.16. The number of alkyl carbamates (subject to hydrolysis) is 1. The summed E-state index contributed by atoms with van der Waals surface area (Å²) in [5.74, 6) is 0.600. The van der Waals surface area contributed by atoms with Gasteiger partial charge >= 0.3 is 6.09 Å². The second-order valence-corrected chi connectivity index (χ2v) is 4.65. The number of nitrogens with zero attached hydrogens (tertiary/aromatic N) is 1. The van der Waals surface area contributed by atoms with E-state index in [1.54, 1.807) is 11.9 Å². The van der Waals surface area contributed by atoms with Gasteiger partial charge in [-0.2, -0.15) is 0 Å². The topological polar surface area (TPSA) is 58.6 Å². The number of amides is 2. The first-order valence-electron chi connectivity index (χ1n) is 5.96. The number of methoxy groups -OCH3 is 1. The largest absolute Gasteiger partial charge is 0.453 e. The van der Waals surface area contributed by atoms with Gasteiger partial charge in [-0.1, -0.05) is 13.8 Å². The molecule has 2 amide bonds. The summed E-state index contributed by atoms with van der Waals surface area (Å²) in [5, 5.41) is 2.49. The van der Waals surface area contributed by atoms with Crippen LogP contribution in [-0.2, 0) is 9.53 Å². The molecule has 0 bridgehead atoms. The molecule has 0 aromatic rings. The van der Waals surface area contributed by atoms with Crippen LogP contribution in [0.5, 0.6) is 0 Å². The number of hydrogen-bond donors (Lipinski definition) is 1. The smallest absolute Gasteiger partial charge is 0.406 e. The molecule has 0 heterocycles. The van der Waals surface area contributed by atoms with Crippen molar-refractivity contribution in [2.24, 2.45) is 5.92 Å². The number of hydrogen-bond acceptors (Lipinski definition) is 3. The molecule has 0 aromatic heterocycles. The minimum Gasteiger partial charge on any atom is -0.453 e. The number of rotatable bonds is 6. The third-order valence-corrected chi connectivity index (χ3v) is 2.66. The number of nitrogens with one attached hydrogen (secondary N) is 1. The van der Waals surface area contributed by atoms with E-state index >= 15 is 0 Å². The molecule has 5 nitrogen and oxygen atoms in total. The molecule has 0 fully saturated rings. The highest BCUT2D eigenvalue weighted by atomic mass is 16.5. The van der Waals surface area contributed by atoms with Crippen LogP contribution < -0.4 is 5.32 Å². The van der Waals surface area contributed by atoms with Crippen LogP contribution in [0.15, 0.2) is 0 Å². The molecule has 0 spiro atoms. The summed E-state index contributed by atoms with van der Waals surface area (Å²) >= 11 is 0. The maximum atomic E-state index is 11.8. The molecule has 17 heavy (non-hydrogen) atoms. The van der Waals surface area contributed by atoms with Gasteiger partial charge in [0.2, 0.25) is 5.91 Å². The molecule has 0 radical (unpaired) electrons. The van der Waals surface area contributed by atoms with Crippen molar-refractivity contribution in [3.8, 4) is 0 Å². The van der Waals surface area contributed by atoms with Crippen LogP contribution in [0.2, 0.25) is 0 Å². The number of ether oxygens (including phenoxy) is 1. The SMILES string of the molecule is COC(=O)NCCC(=O)N(C)[C@@H](C)CC(C)C. The summed E-state index contributed by atoms with van der Waals surface area (Å²) in [4.78, 5) is 24.3. The van der Waals surface area contributed by atoms with Crippen molar-refractivity contribution in [2.75, 3.05) is 20.7 Å². The normalized spacial score (nSPS) is 12.1. The summed E-state index contributed by atoms with van der Waals surface area (Å²) < 4.78 is 4.42. The van der Waals surface area contributed by atoms with Gasteiger partial charge in [0.25, 0.3) is 0 Å². The third kappa shape index (κ3) is 6.81. The molecular formula is C12H24N2O3. The van der Waals surface area contributed by atoms with Gasteiger partial charge in [0.1, 0.15) is 0 Å². The van der Waals surface area contributed by atoms with Gasteiger partial charge in [-0.05, 0) is 19.3 Å². The monoisotopic (exact) mass is 244 g/mol. The fourth-order valence-corrected chi connectivity index (χ4v) is 1.61. The Morgan fingerprint density at radius 1 is 1.29 bits per heavy atom. The molecule has 1 atom stereocenters. The van der Waals surface area contributed by atoms with E-state index in [0.29, 0.717) is 18.9 Å². The van der Waals surface area contributed by atoms with Crippen molar-refractivity contribution in [3.63, 3.8) is 0 Å². The average Bonchev–Trinajstić information content (AvgIpc) is 2.26. The van der Waals surface area contributed by atoms with Crippen molar-refractivity contribution in [3.05, 3.63) is 0 Å². The Kier molecular flexibility index (Phi) is 7.34. The first kappa shape index (κ1) is 15.7. The first-order chi connectivity index (χ1) is 7.88. The summed E-state index contributed by atoms with van der Waals surface area (Å²) in [6.07, 6.45) is 0.774. The van der Waals surface area contributed by atoms with Crippen LogP contribution in [0.25, 0.3) is 0 Å². The molecule has 0 aliphatic carbocycles. The standard InChI is InChI=1S/C12H24N2O3/c1-9(2)8-10(3)14(4)11(15)6-7-13-12(16)17-5/h9-10H,6-8H2,1-5H3,(H,13,16)/t10-/m0/s1.